The number of hydrogen-bond donors (Lipinski definition) is 3. The molecule has 3 aromatic carbocycles. The smallest absolute Gasteiger partial charge is 0.232 e. The molecule has 0 fully saturated rings. The Hall–Kier alpha value is -5.31. The molecule has 0 aliphatic rings. The van der Waals surface area contributed by atoms with Gasteiger partial charge in [0.25, 0.3) is 0 Å². The van der Waals surface area contributed by atoms with Crippen molar-refractivity contribution in [2.45, 2.75) is 6.92 Å². The van der Waals surface area contributed by atoms with Gasteiger partial charge < -0.3 is 16.0 Å². The highest BCUT2D eigenvalue weighted by molar-refractivity contribution is 5.94. The first kappa shape index (κ1) is 22.2. The summed E-state index contributed by atoms with van der Waals surface area (Å²) in [6.45, 7) is 1.48. The first-order valence-electron chi connectivity index (χ1n) is 11.7. The Kier molecular flexibility index (Phi) is 5.62. The van der Waals surface area contributed by atoms with Crippen molar-refractivity contribution >= 4 is 56.8 Å². The van der Waals surface area contributed by atoms with Crippen molar-refractivity contribution in [1.82, 2.24) is 24.5 Å². The molecule has 3 aromatic heterocycles. The van der Waals surface area contributed by atoms with Gasteiger partial charge in [0.2, 0.25) is 11.9 Å². The van der Waals surface area contributed by atoms with Gasteiger partial charge in [-0.25, -0.2) is 9.97 Å². The minimum absolute atomic E-state index is 0.123. The molecule has 6 aromatic rings. The third-order valence-electron chi connectivity index (χ3n) is 5.80. The van der Waals surface area contributed by atoms with Gasteiger partial charge in [0, 0.05) is 35.6 Å². The standard InChI is InChI=1S/C28H22N8O/c1-18(37)31-20-11-13-21(14-12-20)32-26-24-27(36(17-30-24)22-8-3-2-4-9-22)35-28(34-26)33-25-23-10-6-5-7-19(23)15-16-29-25/h2-17H,1H3,(H,31,37)(H2,29,32,33,34,35). The number of carbonyl (C=O) groups excluding carboxylic acids is 1. The maximum Gasteiger partial charge on any atom is 0.232 e. The summed E-state index contributed by atoms with van der Waals surface area (Å²) in [6.07, 6.45) is 3.49. The van der Waals surface area contributed by atoms with Gasteiger partial charge in [-0.1, -0.05) is 42.5 Å². The van der Waals surface area contributed by atoms with Gasteiger partial charge in [-0.3, -0.25) is 9.36 Å². The van der Waals surface area contributed by atoms with E-state index in [-0.39, 0.29) is 5.91 Å². The molecule has 3 N–H and O–H groups in total. The van der Waals surface area contributed by atoms with Crippen LogP contribution in [-0.2, 0) is 4.79 Å². The number of pyridine rings is 1. The topological polar surface area (TPSA) is 110 Å². The molecular weight excluding hydrogens is 464 g/mol. The number of fused-ring (bicyclic) bond motifs is 2. The molecule has 0 aliphatic carbocycles. The average Bonchev–Trinajstić information content (AvgIpc) is 3.35. The van der Waals surface area contributed by atoms with Crippen molar-refractivity contribution in [3.63, 3.8) is 0 Å². The lowest BCUT2D eigenvalue weighted by Gasteiger charge is -2.12. The molecule has 0 saturated carbocycles. The number of hydrogen-bond acceptors (Lipinski definition) is 7. The van der Waals surface area contributed by atoms with Crippen LogP contribution in [0.1, 0.15) is 6.92 Å². The summed E-state index contributed by atoms with van der Waals surface area (Å²) >= 11 is 0. The molecule has 37 heavy (non-hydrogen) atoms. The summed E-state index contributed by atoms with van der Waals surface area (Å²) in [5, 5.41) is 11.5. The highest BCUT2D eigenvalue weighted by atomic mass is 16.1. The third kappa shape index (κ3) is 4.53. The highest BCUT2D eigenvalue weighted by Gasteiger charge is 2.16. The van der Waals surface area contributed by atoms with E-state index in [0.29, 0.717) is 34.4 Å². The molecule has 0 radical (unpaired) electrons. The van der Waals surface area contributed by atoms with Crippen molar-refractivity contribution in [3.05, 3.63) is 97.5 Å². The van der Waals surface area contributed by atoms with E-state index in [9.17, 15) is 4.79 Å². The molecule has 0 spiro atoms. The Bertz CT molecular complexity index is 1720. The number of benzene rings is 3. The average molecular weight is 487 g/mol. The van der Waals surface area contributed by atoms with E-state index in [2.05, 4.69) is 25.9 Å². The first-order valence-corrected chi connectivity index (χ1v) is 11.7. The summed E-state index contributed by atoms with van der Waals surface area (Å²) in [5.74, 6) is 1.46. The van der Waals surface area contributed by atoms with Gasteiger partial charge >= 0.3 is 0 Å². The van der Waals surface area contributed by atoms with Crippen LogP contribution in [0.3, 0.4) is 0 Å². The summed E-state index contributed by atoms with van der Waals surface area (Å²) < 4.78 is 1.92. The molecule has 9 nitrogen and oxygen atoms in total. The van der Waals surface area contributed by atoms with Crippen LogP contribution in [0.5, 0.6) is 0 Å². The number of rotatable bonds is 6. The fourth-order valence-corrected chi connectivity index (χ4v) is 4.12. The lowest BCUT2D eigenvalue weighted by atomic mass is 10.1. The largest absolute Gasteiger partial charge is 0.338 e. The van der Waals surface area contributed by atoms with Crippen molar-refractivity contribution < 1.29 is 4.79 Å². The van der Waals surface area contributed by atoms with Crippen LogP contribution in [0, 0.1) is 0 Å². The molecular formula is C28H22N8O. The van der Waals surface area contributed by atoms with Gasteiger partial charge in [0.15, 0.2) is 17.0 Å². The highest BCUT2D eigenvalue weighted by Crippen LogP contribution is 2.29. The predicted octanol–water partition coefficient (Wildman–Crippen LogP) is 5.81. The van der Waals surface area contributed by atoms with Crippen molar-refractivity contribution in [2.75, 3.05) is 16.0 Å². The van der Waals surface area contributed by atoms with Gasteiger partial charge in [0.1, 0.15) is 12.1 Å². The van der Waals surface area contributed by atoms with Gasteiger partial charge in [-0.05, 0) is 47.9 Å². The van der Waals surface area contributed by atoms with Gasteiger partial charge in [-0.15, -0.1) is 0 Å². The first-order chi connectivity index (χ1) is 18.1. The zero-order chi connectivity index (χ0) is 25.2. The number of aromatic nitrogens is 5. The Morgan fingerprint density at radius 3 is 2.32 bits per heavy atom. The Morgan fingerprint density at radius 1 is 0.757 bits per heavy atom. The van der Waals surface area contributed by atoms with Crippen LogP contribution in [0.25, 0.3) is 27.6 Å². The fourth-order valence-electron chi connectivity index (χ4n) is 4.12. The second kappa shape index (κ2) is 9.38. The summed E-state index contributed by atoms with van der Waals surface area (Å²) in [5.41, 5.74) is 3.69. The zero-order valence-corrected chi connectivity index (χ0v) is 19.9. The SMILES string of the molecule is CC(=O)Nc1ccc(Nc2nc(Nc3nccc4ccccc34)nc3c2ncn3-c2ccccc2)cc1. The minimum atomic E-state index is -0.123. The maximum atomic E-state index is 11.4. The second-order valence-corrected chi connectivity index (χ2v) is 8.41. The van der Waals surface area contributed by atoms with E-state index in [4.69, 9.17) is 9.97 Å². The molecule has 0 bridgehead atoms. The van der Waals surface area contributed by atoms with E-state index in [1.807, 2.05) is 89.5 Å². The quantitative estimate of drug-likeness (QED) is 0.273. The van der Waals surface area contributed by atoms with Crippen molar-refractivity contribution in [3.8, 4) is 5.69 Å². The Morgan fingerprint density at radius 2 is 1.51 bits per heavy atom. The lowest BCUT2D eigenvalue weighted by molar-refractivity contribution is -0.114. The van der Waals surface area contributed by atoms with E-state index < -0.39 is 0 Å². The van der Waals surface area contributed by atoms with Crippen molar-refractivity contribution in [1.29, 1.82) is 0 Å². The molecule has 3 heterocycles. The fraction of sp³-hybridized carbons (Fsp3) is 0.0357. The molecule has 9 heteroatoms. The normalized spacial score (nSPS) is 10.9. The molecule has 6 rings (SSSR count). The van der Waals surface area contributed by atoms with Crippen LogP contribution in [-0.4, -0.2) is 30.4 Å². The van der Waals surface area contributed by atoms with E-state index in [0.717, 1.165) is 22.1 Å². The van der Waals surface area contributed by atoms with Crippen LogP contribution in [0.15, 0.2) is 97.5 Å². The molecule has 0 saturated heterocycles. The van der Waals surface area contributed by atoms with Crippen molar-refractivity contribution in [2.24, 2.45) is 0 Å². The van der Waals surface area contributed by atoms with Gasteiger partial charge in [-0.2, -0.15) is 9.97 Å². The molecule has 0 atom stereocenters. The molecule has 180 valence electrons. The molecule has 0 aliphatic heterocycles. The summed E-state index contributed by atoms with van der Waals surface area (Å²) in [7, 11) is 0. The Balaban J connectivity index is 1.44. The monoisotopic (exact) mass is 486 g/mol. The van der Waals surface area contributed by atoms with Gasteiger partial charge in [0.05, 0.1) is 0 Å². The Labute approximate surface area is 212 Å². The molecule has 0 unspecified atom stereocenters. The number of para-hydroxylation sites is 1. The number of anilines is 5. The zero-order valence-electron chi connectivity index (χ0n) is 19.9. The predicted molar refractivity (Wildman–Crippen MR) is 146 cm³/mol. The third-order valence-corrected chi connectivity index (χ3v) is 5.80. The maximum absolute atomic E-state index is 11.4. The van der Waals surface area contributed by atoms with Crippen LogP contribution < -0.4 is 16.0 Å². The number of nitrogens with one attached hydrogen (secondary N) is 3. The van der Waals surface area contributed by atoms with E-state index in [1.54, 1.807) is 12.5 Å². The number of amides is 1. The second-order valence-electron chi connectivity index (χ2n) is 8.41. The van der Waals surface area contributed by atoms with Crippen LogP contribution >= 0.6 is 0 Å². The van der Waals surface area contributed by atoms with Crippen LogP contribution in [0.4, 0.5) is 29.0 Å². The lowest BCUT2D eigenvalue weighted by Crippen LogP contribution is -2.06. The van der Waals surface area contributed by atoms with E-state index in [1.165, 1.54) is 6.92 Å². The van der Waals surface area contributed by atoms with E-state index >= 15 is 0 Å². The minimum Gasteiger partial charge on any atom is -0.338 e. The number of carbonyl (C=O) groups is 1. The molecule has 1 amide bonds. The summed E-state index contributed by atoms with van der Waals surface area (Å²) in [6, 6.07) is 27.3. The van der Waals surface area contributed by atoms with Crippen LogP contribution in [0.2, 0.25) is 0 Å². The number of imidazole rings is 1. The number of nitrogens with zero attached hydrogens (tertiary/aromatic N) is 5. The summed E-state index contributed by atoms with van der Waals surface area (Å²) in [4.78, 5) is 30.1.